The summed E-state index contributed by atoms with van der Waals surface area (Å²) in [4.78, 5) is 24.8. The van der Waals surface area contributed by atoms with E-state index in [2.05, 4.69) is 11.2 Å². The van der Waals surface area contributed by atoms with Crippen LogP contribution in [0.5, 0.6) is 0 Å². The molecular weight excluding hydrogens is 256 g/mol. The van der Waals surface area contributed by atoms with Crippen molar-refractivity contribution >= 4 is 12.0 Å². The minimum atomic E-state index is -0.725. The predicted octanol–water partition coefficient (Wildman–Crippen LogP) is 1.68. The molecule has 110 valence electrons. The zero-order valence-corrected chi connectivity index (χ0v) is 11.7. The maximum absolute atomic E-state index is 12.2. The second kappa shape index (κ2) is 6.65. The van der Waals surface area contributed by atoms with Crippen molar-refractivity contribution in [3.8, 4) is 12.3 Å². The van der Waals surface area contributed by atoms with Crippen molar-refractivity contribution in [2.75, 3.05) is 13.1 Å². The van der Waals surface area contributed by atoms with Gasteiger partial charge in [-0.05, 0) is 44.4 Å². The summed E-state index contributed by atoms with van der Waals surface area (Å²) in [5.74, 6) is 2.16. The topological polar surface area (TPSA) is 69.6 Å². The van der Waals surface area contributed by atoms with Crippen molar-refractivity contribution in [3.63, 3.8) is 0 Å². The summed E-state index contributed by atoms with van der Waals surface area (Å²) in [5.41, 5.74) is 0. The molecule has 5 nitrogen and oxygen atoms in total. The number of carbonyl (C=O) groups is 2. The SMILES string of the molecule is C#CCN(CC1CC1)C(=O)NC1CCC(C(=O)O)CC1. The molecule has 0 aromatic heterocycles. The van der Waals surface area contributed by atoms with Gasteiger partial charge in [0.05, 0.1) is 12.5 Å². The number of rotatable bonds is 5. The molecule has 0 aromatic carbocycles. The summed E-state index contributed by atoms with van der Waals surface area (Å²) >= 11 is 0. The third-order valence-electron chi connectivity index (χ3n) is 4.15. The van der Waals surface area contributed by atoms with Gasteiger partial charge in [-0.3, -0.25) is 4.79 Å². The van der Waals surface area contributed by atoms with Crippen molar-refractivity contribution in [3.05, 3.63) is 0 Å². The molecule has 0 atom stereocenters. The fourth-order valence-electron chi connectivity index (χ4n) is 2.69. The molecule has 0 aliphatic heterocycles. The minimum absolute atomic E-state index is 0.0811. The third-order valence-corrected chi connectivity index (χ3v) is 4.15. The molecule has 2 aliphatic carbocycles. The Morgan fingerprint density at radius 2 is 1.85 bits per heavy atom. The van der Waals surface area contributed by atoms with Crippen molar-refractivity contribution in [2.24, 2.45) is 11.8 Å². The fourth-order valence-corrected chi connectivity index (χ4v) is 2.69. The number of nitrogens with zero attached hydrogens (tertiary/aromatic N) is 1. The minimum Gasteiger partial charge on any atom is -0.481 e. The molecular formula is C15H22N2O3. The van der Waals surface area contributed by atoms with Gasteiger partial charge >= 0.3 is 12.0 Å². The van der Waals surface area contributed by atoms with Crippen LogP contribution >= 0.6 is 0 Å². The van der Waals surface area contributed by atoms with E-state index in [-0.39, 0.29) is 18.0 Å². The average molecular weight is 278 g/mol. The van der Waals surface area contributed by atoms with Crippen LogP contribution in [-0.4, -0.2) is 41.1 Å². The summed E-state index contributed by atoms with van der Waals surface area (Å²) in [7, 11) is 0. The lowest BCUT2D eigenvalue weighted by molar-refractivity contribution is -0.142. The molecule has 2 N–H and O–H groups in total. The van der Waals surface area contributed by atoms with Crippen LogP contribution in [0, 0.1) is 24.2 Å². The van der Waals surface area contributed by atoms with Gasteiger partial charge in [-0.15, -0.1) is 6.42 Å². The Hall–Kier alpha value is -1.70. The summed E-state index contributed by atoms with van der Waals surface area (Å²) in [6.07, 6.45) is 10.4. The first kappa shape index (κ1) is 14.7. The van der Waals surface area contributed by atoms with Crippen LogP contribution in [-0.2, 0) is 4.79 Å². The van der Waals surface area contributed by atoms with Crippen molar-refractivity contribution in [1.82, 2.24) is 10.2 Å². The number of carbonyl (C=O) groups excluding carboxylic acids is 1. The van der Waals surface area contributed by atoms with Crippen LogP contribution in [0.3, 0.4) is 0 Å². The molecule has 0 spiro atoms. The van der Waals surface area contributed by atoms with Gasteiger partial charge in [-0.25, -0.2) is 4.79 Å². The number of urea groups is 1. The molecule has 2 aliphatic rings. The van der Waals surface area contributed by atoms with E-state index in [0.29, 0.717) is 25.3 Å². The molecule has 0 saturated heterocycles. The Morgan fingerprint density at radius 1 is 1.20 bits per heavy atom. The lowest BCUT2D eigenvalue weighted by atomic mass is 9.86. The van der Waals surface area contributed by atoms with E-state index in [4.69, 9.17) is 11.5 Å². The Morgan fingerprint density at radius 3 is 2.35 bits per heavy atom. The molecule has 20 heavy (non-hydrogen) atoms. The van der Waals surface area contributed by atoms with Crippen LogP contribution < -0.4 is 5.32 Å². The number of hydrogen-bond donors (Lipinski definition) is 2. The lowest BCUT2D eigenvalue weighted by Crippen LogP contribution is -2.47. The number of carboxylic acids is 1. The van der Waals surface area contributed by atoms with Gasteiger partial charge in [0.2, 0.25) is 0 Å². The molecule has 2 fully saturated rings. The molecule has 0 unspecified atom stereocenters. The Balaban J connectivity index is 1.78. The van der Waals surface area contributed by atoms with Crippen LogP contribution in [0.15, 0.2) is 0 Å². The van der Waals surface area contributed by atoms with Gasteiger partial charge in [-0.2, -0.15) is 0 Å². The summed E-state index contributed by atoms with van der Waals surface area (Å²) in [6.45, 7) is 1.08. The molecule has 0 aromatic rings. The number of hydrogen-bond acceptors (Lipinski definition) is 2. The van der Waals surface area contributed by atoms with Crippen molar-refractivity contribution < 1.29 is 14.7 Å². The molecule has 0 radical (unpaired) electrons. The van der Waals surface area contributed by atoms with Gasteiger partial charge in [0, 0.05) is 12.6 Å². The largest absolute Gasteiger partial charge is 0.481 e. The maximum Gasteiger partial charge on any atom is 0.318 e. The average Bonchev–Trinajstić information content (AvgIpc) is 3.23. The Labute approximate surface area is 119 Å². The second-order valence-electron chi connectivity index (χ2n) is 5.86. The first-order valence-electron chi connectivity index (χ1n) is 7.32. The Bertz CT molecular complexity index is 404. The summed E-state index contributed by atoms with van der Waals surface area (Å²) < 4.78 is 0. The highest BCUT2D eigenvalue weighted by atomic mass is 16.4. The number of aliphatic carboxylic acids is 1. The highest BCUT2D eigenvalue weighted by Crippen LogP contribution is 2.30. The van der Waals surface area contributed by atoms with Gasteiger partial charge in [-0.1, -0.05) is 5.92 Å². The lowest BCUT2D eigenvalue weighted by Gasteiger charge is -2.29. The van der Waals surface area contributed by atoms with Crippen molar-refractivity contribution in [2.45, 2.75) is 44.6 Å². The number of nitrogens with one attached hydrogen (secondary N) is 1. The standard InChI is InChI=1S/C15H22N2O3/c1-2-9-17(10-11-3-4-11)15(20)16-13-7-5-12(6-8-13)14(18)19/h1,11-13H,3-10H2,(H,16,20)(H,18,19). The number of carboxylic acid groups (broad SMARTS) is 1. The Kier molecular flexibility index (Phi) is 4.89. The first-order chi connectivity index (χ1) is 9.60. The maximum atomic E-state index is 12.2. The van der Waals surface area contributed by atoms with Gasteiger partial charge in [0.25, 0.3) is 0 Å². The van der Waals surface area contributed by atoms with Gasteiger partial charge in [0.15, 0.2) is 0 Å². The number of amides is 2. The smallest absolute Gasteiger partial charge is 0.318 e. The van der Waals surface area contributed by atoms with Crippen LogP contribution in [0.25, 0.3) is 0 Å². The van der Waals surface area contributed by atoms with E-state index in [0.717, 1.165) is 19.4 Å². The van der Waals surface area contributed by atoms with Crippen molar-refractivity contribution in [1.29, 1.82) is 0 Å². The molecule has 2 rings (SSSR count). The normalized spacial score (nSPS) is 25.6. The number of terminal acetylenes is 1. The predicted molar refractivity (Wildman–Crippen MR) is 75.0 cm³/mol. The van der Waals surface area contributed by atoms with E-state index >= 15 is 0 Å². The van der Waals surface area contributed by atoms with Crippen LogP contribution in [0.2, 0.25) is 0 Å². The quantitative estimate of drug-likeness (QED) is 0.752. The van der Waals surface area contributed by atoms with E-state index in [1.807, 2.05) is 0 Å². The second-order valence-corrected chi connectivity index (χ2v) is 5.86. The van der Waals surface area contributed by atoms with E-state index in [9.17, 15) is 9.59 Å². The monoisotopic (exact) mass is 278 g/mol. The fraction of sp³-hybridized carbons (Fsp3) is 0.733. The zero-order chi connectivity index (χ0) is 14.5. The van der Waals surface area contributed by atoms with E-state index < -0.39 is 5.97 Å². The summed E-state index contributed by atoms with van der Waals surface area (Å²) in [5, 5.41) is 11.9. The molecule has 5 heteroatoms. The highest BCUT2D eigenvalue weighted by molar-refractivity contribution is 5.75. The molecule has 2 amide bonds. The molecule has 0 heterocycles. The summed E-state index contributed by atoms with van der Waals surface area (Å²) in [6, 6.07) is -0.0220. The highest BCUT2D eigenvalue weighted by Gasteiger charge is 2.30. The van der Waals surface area contributed by atoms with E-state index in [1.165, 1.54) is 12.8 Å². The molecule has 2 saturated carbocycles. The van der Waals surface area contributed by atoms with Gasteiger partial charge < -0.3 is 15.3 Å². The first-order valence-corrected chi connectivity index (χ1v) is 7.32. The van der Waals surface area contributed by atoms with Gasteiger partial charge in [0.1, 0.15) is 0 Å². The van der Waals surface area contributed by atoms with Crippen LogP contribution in [0.4, 0.5) is 4.79 Å². The van der Waals surface area contributed by atoms with Crippen LogP contribution in [0.1, 0.15) is 38.5 Å². The van der Waals surface area contributed by atoms with E-state index in [1.54, 1.807) is 4.90 Å². The third kappa shape index (κ3) is 4.16. The molecule has 0 bridgehead atoms. The zero-order valence-electron chi connectivity index (χ0n) is 11.7.